The van der Waals surface area contributed by atoms with Crippen molar-refractivity contribution in [1.82, 2.24) is 0 Å². The third-order valence-electron chi connectivity index (χ3n) is 3.10. The largest absolute Gasteiger partial charge is 0.478 e. The van der Waals surface area contributed by atoms with Crippen LogP contribution in [0.5, 0.6) is 0 Å². The maximum absolute atomic E-state index is 14.0. The zero-order chi connectivity index (χ0) is 15.8. The van der Waals surface area contributed by atoms with E-state index in [1.807, 2.05) is 0 Å². The van der Waals surface area contributed by atoms with Gasteiger partial charge in [0, 0.05) is 0 Å². The van der Waals surface area contributed by atoms with Crippen LogP contribution in [-0.2, 0) is 11.2 Å². The summed E-state index contributed by atoms with van der Waals surface area (Å²) < 4.78 is 28.0. The minimum atomic E-state index is -3.61. The molecule has 1 aromatic rings. The Morgan fingerprint density at radius 2 is 1.81 bits per heavy atom. The summed E-state index contributed by atoms with van der Waals surface area (Å²) in [5.74, 6) is -5.05. The summed E-state index contributed by atoms with van der Waals surface area (Å²) in [5, 5.41) is 5.65. The van der Waals surface area contributed by atoms with Crippen molar-refractivity contribution in [2.75, 3.05) is 0 Å². The van der Waals surface area contributed by atoms with Crippen molar-refractivity contribution < 1.29 is 18.7 Å². The molecule has 0 heterocycles. The first-order valence-electron chi connectivity index (χ1n) is 5.85. The molecule has 2 nitrogen and oxygen atoms in total. The fourth-order valence-corrected chi connectivity index (χ4v) is 2.96. The Morgan fingerprint density at radius 3 is 2.33 bits per heavy atom. The Hall–Kier alpha value is -1.10. The maximum Gasteiger partial charge on any atom is 0.337 e. The van der Waals surface area contributed by atoms with Crippen LogP contribution in [0, 0.1) is 0 Å². The number of carboxylic acid groups (broad SMARTS) is 1. The van der Waals surface area contributed by atoms with E-state index in [0.29, 0.717) is 5.56 Å². The average Bonchev–Trinajstić information content (AvgIpc) is 2.44. The van der Waals surface area contributed by atoms with Crippen molar-refractivity contribution in [3.63, 3.8) is 0 Å². The van der Waals surface area contributed by atoms with Gasteiger partial charge in [0.15, 0.2) is 0 Å². The van der Waals surface area contributed by atoms with Crippen LogP contribution in [0.15, 0.2) is 51.5 Å². The number of halogens is 5. The monoisotopic (exact) mass is 352 g/mol. The molecule has 1 aliphatic rings. The molecule has 1 aliphatic carbocycles. The minimum Gasteiger partial charge on any atom is -0.478 e. The van der Waals surface area contributed by atoms with Gasteiger partial charge in [0.2, 0.25) is 0 Å². The molecule has 0 aliphatic heterocycles. The lowest BCUT2D eigenvalue weighted by Crippen LogP contribution is -2.37. The van der Waals surface area contributed by atoms with Crippen LogP contribution in [0.4, 0.5) is 8.78 Å². The van der Waals surface area contributed by atoms with Crippen molar-refractivity contribution in [3.8, 4) is 0 Å². The van der Waals surface area contributed by atoms with Crippen molar-refractivity contribution in [2.45, 2.75) is 17.7 Å². The van der Waals surface area contributed by atoms with E-state index in [-0.39, 0.29) is 12.0 Å². The summed E-state index contributed by atoms with van der Waals surface area (Å²) in [4.78, 5) is 11.3. The third-order valence-corrected chi connectivity index (χ3v) is 4.55. The van der Waals surface area contributed by atoms with Crippen molar-refractivity contribution in [3.05, 3.63) is 57.1 Å². The quantitative estimate of drug-likeness (QED) is 0.809. The Labute approximate surface area is 134 Å². The molecule has 0 amide bonds. The predicted octanol–water partition coefficient (Wildman–Crippen LogP) is 4.56. The molecule has 0 radical (unpaired) electrons. The molecule has 0 saturated heterocycles. The number of allylic oxidation sites excluding steroid dienone is 2. The molecule has 0 fully saturated rings. The van der Waals surface area contributed by atoms with E-state index < -0.39 is 32.9 Å². The van der Waals surface area contributed by atoms with Gasteiger partial charge in [-0.15, -0.1) is 11.6 Å². The van der Waals surface area contributed by atoms with E-state index in [1.54, 1.807) is 30.3 Å². The van der Waals surface area contributed by atoms with Gasteiger partial charge in [-0.3, -0.25) is 0 Å². The second-order valence-electron chi connectivity index (χ2n) is 4.48. The smallest absolute Gasteiger partial charge is 0.337 e. The van der Waals surface area contributed by atoms with Gasteiger partial charge in [0.05, 0.1) is 10.6 Å². The van der Waals surface area contributed by atoms with Gasteiger partial charge < -0.3 is 5.11 Å². The molecule has 21 heavy (non-hydrogen) atoms. The molecule has 1 unspecified atom stereocenters. The fraction of sp³-hybridized carbons (Fsp3) is 0.214. The highest BCUT2D eigenvalue weighted by Crippen LogP contribution is 2.48. The molecule has 0 aromatic heterocycles. The van der Waals surface area contributed by atoms with Gasteiger partial charge in [0.25, 0.3) is 0 Å². The SMILES string of the molecule is O=C(O)C1=C(Cc2ccccc2)C(Cl)C(F)(F)C(Cl)=C1Cl. The molecular weight excluding hydrogens is 345 g/mol. The zero-order valence-electron chi connectivity index (χ0n) is 10.4. The lowest BCUT2D eigenvalue weighted by molar-refractivity contribution is -0.132. The molecule has 0 spiro atoms. The predicted molar refractivity (Wildman–Crippen MR) is 78.1 cm³/mol. The summed E-state index contributed by atoms with van der Waals surface area (Å²) >= 11 is 17.0. The first-order valence-corrected chi connectivity index (χ1v) is 7.04. The van der Waals surface area contributed by atoms with Crippen LogP contribution in [0.3, 0.4) is 0 Å². The summed E-state index contributed by atoms with van der Waals surface area (Å²) in [6.07, 6.45) is -0.0490. The Morgan fingerprint density at radius 1 is 1.24 bits per heavy atom. The lowest BCUT2D eigenvalue weighted by Gasteiger charge is -2.30. The van der Waals surface area contributed by atoms with E-state index in [0.717, 1.165) is 0 Å². The van der Waals surface area contributed by atoms with Crippen LogP contribution in [0.1, 0.15) is 5.56 Å². The molecule has 2 rings (SSSR count). The molecule has 112 valence electrons. The van der Waals surface area contributed by atoms with Crippen molar-refractivity contribution in [1.29, 1.82) is 0 Å². The molecule has 1 aromatic carbocycles. The molecule has 1 atom stereocenters. The summed E-state index contributed by atoms with van der Waals surface area (Å²) in [6.45, 7) is 0. The van der Waals surface area contributed by atoms with E-state index in [4.69, 9.17) is 34.8 Å². The summed E-state index contributed by atoms with van der Waals surface area (Å²) in [7, 11) is 0. The van der Waals surface area contributed by atoms with E-state index in [1.165, 1.54) is 0 Å². The lowest BCUT2D eigenvalue weighted by atomic mass is 9.89. The van der Waals surface area contributed by atoms with E-state index in [9.17, 15) is 18.7 Å². The second kappa shape index (κ2) is 5.95. The number of alkyl halides is 3. The summed E-state index contributed by atoms with van der Waals surface area (Å²) in [5.41, 5.74) is 0.0291. The number of hydrogen-bond donors (Lipinski definition) is 1. The standard InChI is InChI=1S/C14H9Cl3F2O2/c15-10-9(13(20)21)8(6-7-4-2-1-3-5-7)11(16)14(18,19)12(10)17/h1-5,11H,6H2,(H,20,21). The van der Waals surface area contributed by atoms with Gasteiger partial charge in [-0.05, 0) is 17.6 Å². The minimum absolute atomic E-state index is 0.0490. The zero-order valence-corrected chi connectivity index (χ0v) is 12.7. The van der Waals surface area contributed by atoms with Crippen LogP contribution in [0.2, 0.25) is 0 Å². The Kier molecular flexibility index (Phi) is 4.61. The maximum atomic E-state index is 14.0. The second-order valence-corrected chi connectivity index (χ2v) is 5.67. The van der Waals surface area contributed by atoms with E-state index >= 15 is 0 Å². The van der Waals surface area contributed by atoms with Crippen molar-refractivity contribution in [2.24, 2.45) is 0 Å². The molecular formula is C14H9Cl3F2O2. The molecule has 0 saturated carbocycles. The average molecular weight is 354 g/mol. The van der Waals surface area contributed by atoms with Crippen LogP contribution >= 0.6 is 34.8 Å². The van der Waals surface area contributed by atoms with Crippen molar-refractivity contribution >= 4 is 40.8 Å². The summed E-state index contributed by atoms with van der Waals surface area (Å²) in [6, 6.07) is 8.55. The number of rotatable bonds is 3. The highest BCUT2D eigenvalue weighted by Gasteiger charge is 2.50. The highest BCUT2D eigenvalue weighted by atomic mass is 35.5. The number of carboxylic acids is 1. The topological polar surface area (TPSA) is 37.3 Å². The number of carbonyl (C=O) groups is 1. The third kappa shape index (κ3) is 2.93. The van der Waals surface area contributed by atoms with Gasteiger partial charge in [-0.25, -0.2) is 4.79 Å². The Balaban J connectivity index is 2.58. The van der Waals surface area contributed by atoms with E-state index in [2.05, 4.69) is 0 Å². The highest BCUT2D eigenvalue weighted by molar-refractivity contribution is 6.44. The van der Waals surface area contributed by atoms with Gasteiger partial charge in [-0.1, -0.05) is 53.5 Å². The number of benzene rings is 1. The normalized spacial score (nSPS) is 21.7. The van der Waals surface area contributed by atoms with Crippen LogP contribution < -0.4 is 0 Å². The van der Waals surface area contributed by atoms with Crippen LogP contribution in [-0.4, -0.2) is 22.4 Å². The Bertz CT molecular complexity index is 639. The van der Waals surface area contributed by atoms with Gasteiger partial charge >= 0.3 is 11.9 Å². The van der Waals surface area contributed by atoms with Gasteiger partial charge in [-0.2, -0.15) is 8.78 Å². The van der Waals surface area contributed by atoms with Crippen LogP contribution in [0.25, 0.3) is 0 Å². The molecule has 1 N–H and O–H groups in total. The number of aliphatic carboxylic acids is 1. The fourth-order valence-electron chi connectivity index (χ4n) is 2.08. The van der Waals surface area contributed by atoms with Gasteiger partial charge in [0.1, 0.15) is 10.4 Å². The number of hydrogen-bond acceptors (Lipinski definition) is 1. The molecule has 0 bridgehead atoms. The first kappa shape index (κ1) is 16.3. The first-order chi connectivity index (χ1) is 9.76. The molecule has 7 heteroatoms.